The Bertz CT molecular complexity index is 758. The summed E-state index contributed by atoms with van der Waals surface area (Å²) in [6.45, 7) is 6.73. The fourth-order valence-electron chi connectivity index (χ4n) is 2.02. The minimum Gasteiger partial charge on any atom is -0.490 e. The van der Waals surface area contributed by atoms with Crippen LogP contribution in [0.5, 0.6) is 11.5 Å². The number of rotatable bonds is 9. The van der Waals surface area contributed by atoms with Crippen LogP contribution in [0.3, 0.4) is 0 Å². The third-order valence-corrected chi connectivity index (χ3v) is 4.00. The van der Waals surface area contributed by atoms with Crippen LogP contribution in [0, 0.1) is 0 Å². The Hall–Kier alpha value is -2.48. The van der Waals surface area contributed by atoms with E-state index in [-0.39, 0.29) is 4.91 Å². The lowest BCUT2D eigenvalue weighted by Crippen LogP contribution is -2.00. The second-order valence-electron chi connectivity index (χ2n) is 4.91. The third-order valence-electron chi connectivity index (χ3n) is 3.12. The average Bonchev–Trinajstić information content (AvgIpc) is 3.04. The van der Waals surface area contributed by atoms with E-state index in [0.717, 1.165) is 11.8 Å². The highest BCUT2D eigenvalue weighted by atomic mass is 32.2. The number of H-pyrrole nitrogens is 1. The third kappa shape index (κ3) is 5.25. The van der Waals surface area contributed by atoms with Gasteiger partial charge in [0.1, 0.15) is 10.7 Å². The zero-order chi connectivity index (χ0) is 18.2. The summed E-state index contributed by atoms with van der Waals surface area (Å²) in [5, 5.41) is 16.6. The number of hydrogen-bond acceptors (Lipinski definition) is 6. The number of nitrogens with one attached hydrogen (secondary N) is 1. The summed E-state index contributed by atoms with van der Waals surface area (Å²) in [4.78, 5) is 15.9. The molecule has 0 amide bonds. The molecule has 0 saturated heterocycles. The minimum atomic E-state index is -1.04. The first-order valence-corrected chi connectivity index (χ1v) is 8.82. The molecule has 8 heteroatoms. The van der Waals surface area contributed by atoms with Crippen LogP contribution in [0.25, 0.3) is 6.08 Å². The molecule has 1 aromatic carbocycles. The first-order valence-electron chi connectivity index (χ1n) is 8.01. The van der Waals surface area contributed by atoms with Crippen molar-refractivity contribution >= 4 is 23.8 Å². The number of aryl methyl sites for hydroxylation is 1. The molecule has 2 rings (SSSR count). The van der Waals surface area contributed by atoms with Crippen molar-refractivity contribution in [3.05, 3.63) is 34.5 Å². The van der Waals surface area contributed by atoms with Gasteiger partial charge in [-0.1, -0.05) is 13.0 Å². The summed E-state index contributed by atoms with van der Waals surface area (Å²) in [7, 11) is 0. The van der Waals surface area contributed by atoms with Crippen LogP contribution in [0.1, 0.15) is 32.2 Å². The molecule has 0 radical (unpaired) electrons. The number of hydrogen-bond donors (Lipinski definition) is 2. The van der Waals surface area contributed by atoms with E-state index >= 15 is 0 Å². The van der Waals surface area contributed by atoms with Crippen LogP contribution in [-0.4, -0.2) is 39.5 Å². The van der Waals surface area contributed by atoms with Gasteiger partial charge < -0.3 is 14.6 Å². The van der Waals surface area contributed by atoms with Crippen LogP contribution in [0.15, 0.2) is 28.3 Å². The minimum absolute atomic E-state index is 0.119. The highest BCUT2D eigenvalue weighted by Gasteiger charge is 2.14. The average molecular weight is 363 g/mol. The van der Waals surface area contributed by atoms with Gasteiger partial charge in [-0.3, -0.25) is 5.10 Å². The quantitative estimate of drug-likeness (QED) is 0.520. The number of carboxylic acids is 1. The van der Waals surface area contributed by atoms with Crippen molar-refractivity contribution in [2.24, 2.45) is 0 Å². The number of carbonyl (C=O) groups is 1. The van der Waals surface area contributed by atoms with Gasteiger partial charge in [0.2, 0.25) is 5.16 Å². The predicted molar refractivity (Wildman–Crippen MR) is 96.0 cm³/mol. The number of aliphatic carboxylic acids is 1. The molecular weight excluding hydrogens is 342 g/mol. The fourth-order valence-corrected chi connectivity index (χ4v) is 2.75. The maximum atomic E-state index is 11.6. The van der Waals surface area contributed by atoms with Crippen LogP contribution in [0.2, 0.25) is 0 Å². The molecule has 134 valence electrons. The van der Waals surface area contributed by atoms with E-state index in [1.54, 1.807) is 24.3 Å². The Morgan fingerprint density at radius 1 is 1.24 bits per heavy atom. The summed E-state index contributed by atoms with van der Waals surface area (Å²) < 4.78 is 11.1. The molecule has 0 spiro atoms. The molecule has 0 saturated carbocycles. The number of thioether (sulfide) groups is 1. The molecule has 7 nitrogen and oxygen atoms in total. The number of aromatic nitrogens is 3. The van der Waals surface area contributed by atoms with Crippen molar-refractivity contribution < 1.29 is 19.4 Å². The van der Waals surface area contributed by atoms with Crippen LogP contribution >= 0.6 is 11.8 Å². The van der Waals surface area contributed by atoms with Gasteiger partial charge in [-0.05, 0) is 49.4 Å². The molecule has 2 N–H and O–H groups in total. The molecular formula is C17H21N3O4S. The predicted octanol–water partition coefficient (Wildman–Crippen LogP) is 3.38. The van der Waals surface area contributed by atoms with E-state index in [2.05, 4.69) is 15.2 Å². The van der Waals surface area contributed by atoms with Crippen molar-refractivity contribution in [3.63, 3.8) is 0 Å². The van der Waals surface area contributed by atoms with Gasteiger partial charge in [-0.2, -0.15) is 0 Å². The SMILES string of the molecule is CCOc1ccc(/C=C(\Sc2n[nH]c(CC)n2)C(=O)O)cc1OCC. The van der Waals surface area contributed by atoms with Gasteiger partial charge >= 0.3 is 5.97 Å². The maximum Gasteiger partial charge on any atom is 0.342 e. The lowest BCUT2D eigenvalue weighted by atomic mass is 10.2. The summed E-state index contributed by atoms with van der Waals surface area (Å²) in [5.74, 6) is 0.887. The van der Waals surface area contributed by atoms with E-state index in [0.29, 0.717) is 47.7 Å². The largest absolute Gasteiger partial charge is 0.490 e. The Morgan fingerprint density at radius 2 is 1.96 bits per heavy atom. The summed E-state index contributed by atoms with van der Waals surface area (Å²) in [6.07, 6.45) is 2.27. The van der Waals surface area contributed by atoms with E-state index < -0.39 is 5.97 Å². The molecule has 0 aliphatic carbocycles. The van der Waals surface area contributed by atoms with E-state index in [4.69, 9.17) is 9.47 Å². The number of nitrogens with zero attached hydrogens (tertiary/aromatic N) is 2. The van der Waals surface area contributed by atoms with Gasteiger partial charge in [-0.15, -0.1) is 5.10 Å². The van der Waals surface area contributed by atoms with E-state index in [1.165, 1.54) is 0 Å². The molecule has 0 aliphatic rings. The summed E-state index contributed by atoms with van der Waals surface area (Å²) in [5.41, 5.74) is 0.697. The number of ether oxygens (including phenoxy) is 2. The molecule has 0 unspecified atom stereocenters. The van der Waals surface area contributed by atoms with E-state index in [1.807, 2.05) is 20.8 Å². The van der Waals surface area contributed by atoms with Gasteiger partial charge in [0.05, 0.1) is 13.2 Å². The molecule has 0 bridgehead atoms. The molecule has 0 fully saturated rings. The Labute approximate surface area is 150 Å². The number of carboxylic acid groups (broad SMARTS) is 1. The lowest BCUT2D eigenvalue weighted by Gasteiger charge is -2.11. The van der Waals surface area contributed by atoms with Crippen molar-refractivity contribution in [1.29, 1.82) is 0 Å². The smallest absolute Gasteiger partial charge is 0.342 e. The number of benzene rings is 1. The molecule has 0 aliphatic heterocycles. The van der Waals surface area contributed by atoms with Gasteiger partial charge in [-0.25, -0.2) is 9.78 Å². The van der Waals surface area contributed by atoms with Gasteiger partial charge in [0, 0.05) is 6.42 Å². The van der Waals surface area contributed by atoms with Gasteiger partial charge in [0.15, 0.2) is 11.5 Å². The topological polar surface area (TPSA) is 97.3 Å². The molecule has 0 atom stereocenters. The van der Waals surface area contributed by atoms with Crippen molar-refractivity contribution in [3.8, 4) is 11.5 Å². The van der Waals surface area contributed by atoms with E-state index in [9.17, 15) is 9.90 Å². The zero-order valence-corrected chi connectivity index (χ0v) is 15.2. The zero-order valence-electron chi connectivity index (χ0n) is 14.4. The maximum absolute atomic E-state index is 11.6. The molecule has 1 aromatic heterocycles. The van der Waals surface area contributed by atoms with Crippen molar-refractivity contribution in [1.82, 2.24) is 15.2 Å². The lowest BCUT2D eigenvalue weighted by molar-refractivity contribution is -0.131. The van der Waals surface area contributed by atoms with Crippen LogP contribution in [0.4, 0.5) is 0 Å². The molecule has 2 aromatic rings. The highest BCUT2D eigenvalue weighted by Crippen LogP contribution is 2.31. The van der Waals surface area contributed by atoms with Gasteiger partial charge in [0.25, 0.3) is 0 Å². The Kier molecular flexibility index (Phi) is 6.88. The normalized spacial score (nSPS) is 11.4. The van der Waals surface area contributed by atoms with Crippen molar-refractivity contribution in [2.45, 2.75) is 32.3 Å². The Morgan fingerprint density at radius 3 is 2.56 bits per heavy atom. The molecule has 1 heterocycles. The second kappa shape index (κ2) is 9.12. The van der Waals surface area contributed by atoms with Crippen LogP contribution < -0.4 is 9.47 Å². The van der Waals surface area contributed by atoms with Crippen LogP contribution in [-0.2, 0) is 11.2 Å². The second-order valence-corrected chi connectivity index (χ2v) is 5.92. The Balaban J connectivity index is 2.29. The number of aromatic amines is 1. The van der Waals surface area contributed by atoms with Crippen molar-refractivity contribution in [2.75, 3.05) is 13.2 Å². The monoisotopic (exact) mass is 363 g/mol. The summed E-state index contributed by atoms with van der Waals surface area (Å²) in [6, 6.07) is 5.31. The standard InChI is InChI=1S/C17H21N3O4S/c1-4-15-18-17(20-19-15)25-14(16(21)22)10-11-7-8-12(23-5-2)13(9-11)24-6-3/h7-10H,4-6H2,1-3H3,(H,21,22)(H,18,19,20)/b14-10-. The first-order chi connectivity index (χ1) is 12.1. The molecule has 25 heavy (non-hydrogen) atoms. The first kappa shape index (κ1) is 18.9. The highest BCUT2D eigenvalue weighted by molar-refractivity contribution is 8.04. The summed E-state index contributed by atoms with van der Waals surface area (Å²) >= 11 is 0.998. The fraction of sp³-hybridized carbons (Fsp3) is 0.353.